The fourth-order valence-electron chi connectivity index (χ4n) is 2.08. The van der Waals surface area contributed by atoms with Crippen molar-refractivity contribution < 1.29 is 9.90 Å². The van der Waals surface area contributed by atoms with Gasteiger partial charge in [0.15, 0.2) is 0 Å². The van der Waals surface area contributed by atoms with E-state index in [1.807, 2.05) is 13.2 Å². The summed E-state index contributed by atoms with van der Waals surface area (Å²) < 4.78 is 1.71. The lowest BCUT2D eigenvalue weighted by Gasteiger charge is -2.13. The largest absolute Gasteiger partial charge is 0.481 e. The highest BCUT2D eigenvalue weighted by Crippen LogP contribution is 2.28. The molecule has 0 spiro atoms. The number of rotatable bonds is 5. The van der Waals surface area contributed by atoms with Gasteiger partial charge in [-0.1, -0.05) is 29.8 Å². The van der Waals surface area contributed by atoms with Crippen LogP contribution in [0.25, 0.3) is 0 Å². The first-order valence-corrected chi connectivity index (χ1v) is 6.40. The highest BCUT2D eigenvalue weighted by Gasteiger charge is 2.21. The first-order valence-electron chi connectivity index (χ1n) is 6.02. The summed E-state index contributed by atoms with van der Waals surface area (Å²) in [6.45, 7) is 0. The minimum atomic E-state index is -0.850. The summed E-state index contributed by atoms with van der Waals surface area (Å²) in [5, 5.41) is 13.9. The number of carboxylic acid groups (broad SMARTS) is 1. The van der Waals surface area contributed by atoms with E-state index >= 15 is 0 Å². The van der Waals surface area contributed by atoms with E-state index in [0.717, 1.165) is 5.56 Å². The molecular formula is C14H15ClN2O2. The van der Waals surface area contributed by atoms with Crippen LogP contribution in [0.1, 0.15) is 23.5 Å². The molecule has 1 heterocycles. The number of aliphatic carboxylic acids is 1. The van der Waals surface area contributed by atoms with Gasteiger partial charge >= 0.3 is 5.97 Å². The molecule has 1 aromatic carbocycles. The Labute approximate surface area is 116 Å². The number of aromatic nitrogens is 2. The lowest BCUT2D eigenvalue weighted by molar-refractivity contribution is -0.138. The van der Waals surface area contributed by atoms with Crippen molar-refractivity contribution in [2.45, 2.75) is 18.8 Å². The fraction of sp³-hybridized carbons (Fsp3) is 0.286. The predicted molar refractivity (Wildman–Crippen MR) is 73.4 cm³/mol. The number of carbonyl (C=O) groups is 1. The summed E-state index contributed by atoms with van der Waals surface area (Å²) in [6, 6.07) is 7.09. The van der Waals surface area contributed by atoms with Gasteiger partial charge in [-0.2, -0.15) is 5.10 Å². The second-order valence-electron chi connectivity index (χ2n) is 4.47. The number of hydrogen-bond donors (Lipinski definition) is 1. The predicted octanol–water partition coefficient (Wildman–Crippen LogP) is 2.87. The van der Waals surface area contributed by atoms with Crippen LogP contribution in [-0.2, 0) is 18.3 Å². The second-order valence-corrected chi connectivity index (χ2v) is 4.88. The molecule has 100 valence electrons. The van der Waals surface area contributed by atoms with E-state index in [-0.39, 0.29) is 0 Å². The number of halogens is 1. The summed E-state index contributed by atoms with van der Waals surface area (Å²) in [7, 11) is 1.84. The van der Waals surface area contributed by atoms with Crippen LogP contribution >= 0.6 is 11.6 Å². The zero-order chi connectivity index (χ0) is 13.8. The molecule has 0 aliphatic rings. The summed E-state index contributed by atoms with van der Waals surface area (Å²) in [6.07, 6.45) is 4.82. The van der Waals surface area contributed by atoms with Crippen molar-refractivity contribution in [3.05, 3.63) is 52.8 Å². The topological polar surface area (TPSA) is 55.1 Å². The summed E-state index contributed by atoms with van der Waals surface area (Å²) in [5.41, 5.74) is 1.70. The van der Waals surface area contributed by atoms with Crippen LogP contribution in [0.2, 0.25) is 5.02 Å². The third-order valence-electron chi connectivity index (χ3n) is 3.06. The highest BCUT2D eigenvalue weighted by molar-refractivity contribution is 6.31. The van der Waals surface area contributed by atoms with Gasteiger partial charge in [0.2, 0.25) is 0 Å². The minimum Gasteiger partial charge on any atom is -0.481 e. The number of nitrogens with zero attached hydrogens (tertiary/aromatic N) is 2. The van der Waals surface area contributed by atoms with Crippen molar-refractivity contribution in [2.75, 3.05) is 0 Å². The van der Waals surface area contributed by atoms with Crippen LogP contribution in [0.15, 0.2) is 36.7 Å². The molecule has 4 nitrogen and oxygen atoms in total. The summed E-state index contributed by atoms with van der Waals surface area (Å²) in [4.78, 5) is 11.4. The first-order chi connectivity index (χ1) is 9.08. The molecule has 0 amide bonds. The molecule has 0 aliphatic carbocycles. The van der Waals surface area contributed by atoms with Gasteiger partial charge in [0.1, 0.15) is 0 Å². The molecule has 19 heavy (non-hydrogen) atoms. The molecule has 2 aromatic rings. The quantitative estimate of drug-likeness (QED) is 0.915. The zero-order valence-electron chi connectivity index (χ0n) is 10.6. The van der Waals surface area contributed by atoms with Crippen molar-refractivity contribution in [3.8, 4) is 0 Å². The standard InChI is InChI=1S/C14H15ClN2O2/c1-17-9-10(8-16-17)6-7-12(14(18)19)11-4-2-3-5-13(11)15/h2-5,8-9,12H,6-7H2,1H3,(H,18,19). The third kappa shape index (κ3) is 3.35. The van der Waals surface area contributed by atoms with Crippen molar-refractivity contribution >= 4 is 17.6 Å². The maximum Gasteiger partial charge on any atom is 0.311 e. The summed E-state index contributed by atoms with van der Waals surface area (Å²) in [5.74, 6) is -1.44. The SMILES string of the molecule is Cn1cc(CCC(C(=O)O)c2ccccc2Cl)cn1. The maximum absolute atomic E-state index is 11.4. The van der Waals surface area contributed by atoms with Crippen LogP contribution in [0.3, 0.4) is 0 Å². The second kappa shape index (κ2) is 5.89. The Balaban J connectivity index is 2.13. The Morgan fingerprint density at radius 2 is 2.21 bits per heavy atom. The Morgan fingerprint density at radius 3 is 2.79 bits per heavy atom. The van der Waals surface area contributed by atoms with Gasteiger partial charge < -0.3 is 5.11 Å². The monoisotopic (exact) mass is 278 g/mol. The zero-order valence-corrected chi connectivity index (χ0v) is 11.3. The smallest absolute Gasteiger partial charge is 0.311 e. The van der Waals surface area contributed by atoms with E-state index in [1.165, 1.54) is 0 Å². The Morgan fingerprint density at radius 1 is 1.47 bits per heavy atom. The Kier molecular flexibility index (Phi) is 4.22. The van der Waals surface area contributed by atoms with Crippen molar-refractivity contribution in [2.24, 2.45) is 7.05 Å². The maximum atomic E-state index is 11.4. The van der Waals surface area contributed by atoms with E-state index in [4.69, 9.17) is 11.6 Å². The van der Waals surface area contributed by atoms with Crippen molar-refractivity contribution in [3.63, 3.8) is 0 Å². The van der Waals surface area contributed by atoms with Crippen LogP contribution in [-0.4, -0.2) is 20.9 Å². The fourth-order valence-corrected chi connectivity index (χ4v) is 2.35. The van der Waals surface area contributed by atoms with Gasteiger partial charge in [0.05, 0.1) is 12.1 Å². The van der Waals surface area contributed by atoms with Gasteiger partial charge in [-0.3, -0.25) is 9.48 Å². The Bertz CT molecular complexity index is 580. The van der Waals surface area contributed by atoms with Crippen LogP contribution in [0, 0.1) is 0 Å². The van der Waals surface area contributed by atoms with Gasteiger partial charge in [0.25, 0.3) is 0 Å². The molecule has 0 fully saturated rings. The van der Waals surface area contributed by atoms with Crippen LogP contribution in [0.5, 0.6) is 0 Å². The Hall–Kier alpha value is -1.81. The molecule has 0 saturated carbocycles. The minimum absolute atomic E-state index is 0.501. The van der Waals surface area contributed by atoms with Crippen LogP contribution in [0.4, 0.5) is 0 Å². The molecule has 1 N–H and O–H groups in total. The molecule has 1 unspecified atom stereocenters. The number of hydrogen-bond acceptors (Lipinski definition) is 2. The van der Waals surface area contributed by atoms with E-state index < -0.39 is 11.9 Å². The average molecular weight is 279 g/mol. The molecule has 0 radical (unpaired) electrons. The van der Waals surface area contributed by atoms with E-state index in [1.54, 1.807) is 35.1 Å². The van der Waals surface area contributed by atoms with Crippen molar-refractivity contribution in [1.29, 1.82) is 0 Å². The highest BCUT2D eigenvalue weighted by atomic mass is 35.5. The van der Waals surface area contributed by atoms with Crippen molar-refractivity contribution in [1.82, 2.24) is 9.78 Å². The number of benzene rings is 1. The van der Waals surface area contributed by atoms with E-state index in [0.29, 0.717) is 23.4 Å². The number of carboxylic acids is 1. The number of aryl methyl sites for hydroxylation is 2. The van der Waals surface area contributed by atoms with E-state index in [2.05, 4.69) is 5.10 Å². The molecule has 1 aromatic heterocycles. The average Bonchev–Trinajstić information content (AvgIpc) is 2.77. The molecule has 0 bridgehead atoms. The third-order valence-corrected chi connectivity index (χ3v) is 3.40. The normalized spacial score (nSPS) is 12.3. The van der Waals surface area contributed by atoms with Gasteiger partial charge in [0, 0.05) is 18.3 Å². The van der Waals surface area contributed by atoms with E-state index in [9.17, 15) is 9.90 Å². The van der Waals surface area contributed by atoms with Gasteiger partial charge in [-0.25, -0.2) is 0 Å². The molecule has 0 aliphatic heterocycles. The molecule has 5 heteroatoms. The summed E-state index contributed by atoms with van der Waals surface area (Å²) >= 11 is 6.07. The lowest BCUT2D eigenvalue weighted by atomic mass is 9.93. The van der Waals surface area contributed by atoms with Gasteiger partial charge in [-0.15, -0.1) is 0 Å². The molecule has 2 rings (SSSR count). The first kappa shape index (κ1) is 13.6. The van der Waals surface area contributed by atoms with Crippen LogP contribution < -0.4 is 0 Å². The molecule has 0 saturated heterocycles. The lowest BCUT2D eigenvalue weighted by Crippen LogP contribution is -2.13. The molecular weight excluding hydrogens is 264 g/mol. The molecule has 1 atom stereocenters. The van der Waals surface area contributed by atoms with Gasteiger partial charge in [-0.05, 0) is 30.0 Å².